The molecule has 16 heavy (non-hydrogen) atoms. The summed E-state index contributed by atoms with van der Waals surface area (Å²) in [6, 6.07) is 0. The molecule has 0 aliphatic carbocycles. The molecule has 0 spiro atoms. The predicted molar refractivity (Wildman–Crippen MR) is 65.4 cm³/mol. The SMILES string of the molecule is CCC#CCC(=O)C1CC2CCC(C1)S2=O. The highest BCUT2D eigenvalue weighted by molar-refractivity contribution is 7.86. The molecule has 2 nitrogen and oxygen atoms in total. The van der Waals surface area contributed by atoms with Crippen LogP contribution >= 0.6 is 0 Å². The average molecular weight is 238 g/mol. The molecule has 2 aliphatic rings. The fraction of sp³-hybridized carbons (Fsp3) is 0.769. The summed E-state index contributed by atoms with van der Waals surface area (Å²) in [5, 5.41) is 0.596. The molecule has 3 heteroatoms. The third kappa shape index (κ3) is 2.38. The lowest BCUT2D eigenvalue weighted by atomic mass is 9.93. The first-order chi connectivity index (χ1) is 7.72. The standard InChI is InChI=1S/C13H18O2S/c1-2-3-4-5-13(14)10-8-11-6-7-12(9-10)16(11)15/h10-12H,2,5-9H2,1H3. The first-order valence-corrected chi connectivity index (χ1v) is 7.37. The molecule has 0 saturated carbocycles. The lowest BCUT2D eigenvalue weighted by Crippen LogP contribution is -2.32. The summed E-state index contributed by atoms with van der Waals surface area (Å²) in [5.74, 6) is 6.27. The molecule has 2 fully saturated rings. The van der Waals surface area contributed by atoms with E-state index in [4.69, 9.17) is 0 Å². The quantitative estimate of drug-likeness (QED) is 0.690. The molecule has 2 bridgehead atoms. The van der Waals surface area contributed by atoms with Gasteiger partial charge in [0.1, 0.15) is 5.78 Å². The Morgan fingerprint density at radius 1 is 1.25 bits per heavy atom. The third-order valence-corrected chi connectivity index (χ3v) is 5.75. The van der Waals surface area contributed by atoms with Crippen LogP contribution in [-0.2, 0) is 15.6 Å². The van der Waals surface area contributed by atoms with E-state index in [-0.39, 0.29) is 11.7 Å². The average Bonchev–Trinajstić information content (AvgIpc) is 2.53. The van der Waals surface area contributed by atoms with Crippen molar-refractivity contribution in [3.63, 3.8) is 0 Å². The second-order valence-electron chi connectivity index (χ2n) is 4.67. The van der Waals surface area contributed by atoms with Gasteiger partial charge in [0.05, 0.1) is 6.42 Å². The fourth-order valence-corrected chi connectivity index (χ4v) is 4.84. The number of hydrogen-bond donors (Lipinski definition) is 0. The van der Waals surface area contributed by atoms with E-state index in [9.17, 15) is 9.00 Å². The summed E-state index contributed by atoms with van der Waals surface area (Å²) in [4.78, 5) is 11.9. The van der Waals surface area contributed by atoms with Crippen LogP contribution in [0.1, 0.15) is 45.4 Å². The van der Waals surface area contributed by atoms with Crippen LogP contribution < -0.4 is 0 Å². The summed E-state index contributed by atoms with van der Waals surface area (Å²) in [7, 11) is -0.651. The van der Waals surface area contributed by atoms with E-state index < -0.39 is 10.8 Å². The Kier molecular flexibility index (Phi) is 3.81. The molecule has 2 rings (SSSR count). The van der Waals surface area contributed by atoms with Crippen LogP contribution in [0.4, 0.5) is 0 Å². The zero-order valence-electron chi connectivity index (χ0n) is 9.70. The first kappa shape index (κ1) is 11.9. The summed E-state index contributed by atoms with van der Waals surface area (Å²) < 4.78 is 11.8. The Labute approximate surface area is 99.6 Å². The van der Waals surface area contributed by atoms with Crippen molar-refractivity contribution in [3.8, 4) is 11.8 Å². The van der Waals surface area contributed by atoms with Gasteiger partial charge in [-0.05, 0) is 25.7 Å². The van der Waals surface area contributed by atoms with Gasteiger partial charge in [0, 0.05) is 33.6 Å². The monoisotopic (exact) mass is 238 g/mol. The molecule has 0 aromatic rings. The molecule has 2 heterocycles. The lowest BCUT2D eigenvalue weighted by Gasteiger charge is -2.25. The minimum atomic E-state index is -0.651. The van der Waals surface area contributed by atoms with Gasteiger partial charge in [-0.1, -0.05) is 12.8 Å². The van der Waals surface area contributed by atoms with E-state index in [1.54, 1.807) is 0 Å². The Morgan fingerprint density at radius 3 is 2.44 bits per heavy atom. The van der Waals surface area contributed by atoms with Crippen molar-refractivity contribution >= 4 is 16.6 Å². The Bertz CT molecular complexity index is 348. The minimum Gasteiger partial charge on any atom is -0.298 e. The molecule has 0 N–H and O–H groups in total. The maximum atomic E-state index is 11.9. The smallest absolute Gasteiger partial charge is 0.147 e. The van der Waals surface area contributed by atoms with Crippen molar-refractivity contribution in [1.29, 1.82) is 0 Å². The molecule has 88 valence electrons. The van der Waals surface area contributed by atoms with Gasteiger partial charge in [0.25, 0.3) is 0 Å². The summed E-state index contributed by atoms with van der Waals surface area (Å²) in [5.41, 5.74) is 0. The molecule has 2 atom stereocenters. The Morgan fingerprint density at radius 2 is 1.88 bits per heavy atom. The highest BCUT2D eigenvalue weighted by Crippen LogP contribution is 2.39. The lowest BCUT2D eigenvalue weighted by molar-refractivity contribution is -0.122. The number of carbonyl (C=O) groups is 1. The van der Waals surface area contributed by atoms with Crippen LogP contribution in [0.2, 0.25) is 0 Å². The van der Waals surface area contributed by atoms with Gasteiger partial charge in [-0.3, -0.25) is 9.00 Å². The van der Waals surface area contributed by atoms with E-state index in [2.05, 4.69) is 11.8 Å². The zero-order valence-corrected chi connectivity index (χ0v) is 10.5. The third-order valence-electron chi connectivity index (χ3n) is 3.58. The van der Waals surface area contributed by atoms with Gasteiger partial charge in [-0.25, -0.2) is 0 Å². The Hall–Kier alpha value is -0.620. The van der Waals surface area contributed by atoms with Gasteiger partial charge in [0.2, 0.25) is 0 Å². The highest BCUT2D eigenvalue weighted by Gasteiger charge is 2.42. The Balaban J connectivity index is 1.92. The molecular weight excluding hydrogens is 220 g/mol. The van der Waals surface area contributed by atoms with Gasteiger partial charge >= 0.3 is 0 Å². The molecule has 0 radical (unpaired) electrons. The van der Waals surface area contributed by atoms with Crippen LogP contribution in [-0.4, -0.2) is 20.5 Å². The molecule has 0 aromatic carbocycles. The van der Waals surface area contributed by atoms with Crippen molar-refractivity contribution in [3.05, 3.63) is 0 Å². The topological polar surface area (TPSA) is 34.1 Å². The maximum absolute atomic E-state index is 11.9. The van der Waals surface area contributed by atoms with Crippen molar-refractivity contribution in [2.24, 2.45) is 5.92 Å². The van der Waals surface area contributed by atoms with Gasteiger partial charge in [-0.15, -0.1) is 5.92 Å². The highest BCUT2D eigenvalue weighted by atomic mass is 32.2. The largest absolute Gasteiger partial charge is 0.298 e. The predicted octanol–water partition coefficient (Wildman–Crippen LogP) is 2.05. The number of ketones is 1. The van der Waals surface area contributed by atoms with Gasteiger partial charge in [-0.2, -0.15) is 0 Å². The number of fused-ring (bicyclic) bond motifs is 2. The van der Waals surface area contributed by atoms with Crippen LogP contribution in [0.25, 0.3) is 0 Å². The molecule has 2 saturated heterocycles. The number of carbonyl (C=O) groups excluding carboxylic acids is 1. The zero-order chi connectivity index (χ0) is 11.5. The van der Waals surface area contributed by atoms with Gasteiger partial charge < -0.3 is 0 Å². The summed E-state index contributed by atoms with van der Waals surface area (Å²) in [6.07, 6.45) is 5.01. The van der Waals surface area contributed by atoms with Crippen molar-refractivity contribution in [2.45, 2.75) is 55.9 Å². The van der Waals surface area contributed by atoms with Crippen LogP contribution in [0.3, 0.4) is 0 Å². The van der Waals surface area contributed by atoms with E-state index in [1.165, 1.54) is 0 Å². The molecule has 2 aliphatic heterocycles. The van der Waals surface area contributed by atoms with E-state index >= 15 is 0 Å². The first-order valence-electron chi connectivity index (χ1n) is 6.10. The van der Waals surface area contributed by atoms with Crippen LogP contribution in [0, 0.1) is 17.8 Å². The van der Waals surface area contributed by atoms with E-state index in [0.717, 1.165) is 32.1 Å². The number of Topliss-reactive ketones (excluding diaryl/α,β-unsaturated/α-hetero) is 1. The fourth-order valence-electron chi connectivity index (χ4n) is 2.71. The van der Waals surface area contributed by atoms with E-state index in [0.29, 0.717) is 16.9 Å². The van der Waals surface area contributed by atoms with Crippen molar-refractivity contribution in [1.82, 2.24) is 0 Å². The maximum Gasteiger partial charge on any atom is 0.147 e. The minimum absolute atomic E-state index is 0.140. The second kappa shape index (κ2) is 5.14. The molecule has 0 aromatic heterocycles. The van der Waals surface area contributed by atoms with Crippen molar-refractivity contribution in [2.75, 3.05) is 0 Å². The van der Waals surface area contributed by atoms with Crippen molar-refractivity contribution < 1.29 is 9.00 Å². The van der Waals surface area contributed by atoms with Gasteiger partial charge in [0.15, 0.2) is 0 Å². The molecule has 2 unspecified atom stereocenters. The molecular formula is C13H18O2S. The van der Waals surface area contributed by atoms with Crippen LogP contribution in [0.15, 0.2) is 0 Å². The summed E-state index contributed by atoms with van der Waals surface area (Å²) >= 11 is 0. The normalized spacial score (nSPS) is 36.6. The number of hydrogen-bond acceptors (Lipinski definition) is 2. The second-order valence-corrected chi connectivity index (χ2v) is 6.66. The van der Waals surface area contributed by atoms with E-state index in [1.807, 2.05) is 6.92 Å². The van der Waals surface area contributed by atoms with Crippen LogP contribution in [0.5, 0.6) is 0 Å². The molecule has 0 amide bonds. The summed E-state index contributed by atoms with van der Waals surface area (Å²) in [6.45, 7) is 1.99. The number of rotatable bonds is 2.